The fraction of sp³-hybridized carbons (Fsp3) is 0.706. The summed E-state index contributed by atoms with van der Waals surface area (Å²) in [6.45, 7) is 13.2. The third kappa shape index (κ3) is 3.62. The molecule has 1 aromatic heterocycles. The maximum absolute atomic E-state index is 13.1. The lowest BCUT2D eigenvalue weighted by atomic mass is 9.80. The van der Waals surface area contributed by atoms with Crippen molar-refractivity contribution in [3.63, 3.8) is 0 Å². The van der Waals surface area contributed by atoms with Crippen molar-refractivity contribution in [1.82, 2.24) is 9.29 Å². The Hall–Kier alpha value is -1.16. The standard InChI is InChI=1S/C17H29BN2O5S/c1-15(2,3)20(8)26(21,22)13-10-12(11-19-14(13)23-9)18-24-16(4,5)17(6,7)25-18/h10-11H,1-9H3. The van der Waals surface area contributed by atoms with Gasteiger partial charge in [-0.15, -0.1) is 0 Å². The summed E-state index contributed by atoms with van der Waals surface area (Å²) in [4.78, 5) is 4.17. The van der Waals surface area contributed by atoms with Gasteiger partial charge in [-0.3, -0.25) is 0 Å². The van der Waals surface area contributed by atoms with E-state index in [1.54, 1.807) is 0 Å². The van der Waals surface area contributed by atoms with Crippen LogP contribution in [0.25, 0.3) is 0 Å². The summed E-state index contributed by atoms with van der Waals surface area (Å²) in [5.41, 5.74) is -1.12. The van der Waals surface area contributed by atoms with Gasteiger partial charge in [-0.25, -0.2) is 13.4 Å². The highest BCUT2D eigenvalue weighted by molar-refractivity contribution is 7.89. The number of aromatic nitrogens is 1. The van der Waals surface area contributed by atoms with E-state index in [1.807, 2.05) is 48.5 Å². The summed E-state index contributed by atoms with van der Waals surface area (Å²) in [5, 5.41) is 0. The Kier molecular flexibility index (Phi) is 5.27. The van der Waals surface area contributed by atoms with Crippen molar-refractivity contribution in [1.29, 1.82) is 0 Å². The summed E-state index contributed by atoms with van der Waals surface area (Å²) >= 11 is 0. The van der Waals surface area contributed by atoms with Crippen LogP contribution < -0.4 is 10.2 Å². The Morgan fingerprint density at radius 2 is 1.65 bits per heavy atom. The van der Waals surface area contributed by atoms with Gasteiger partial charge < -0.3 is 14.0 Å². The van der Waals surface area contributed by atoms with E-state index in [0.717, 1.165) is 0 Å². The lowest BCUT2D eigenvalue weighted by Gasteiger charge is -2.32. The van der Waals surface area contributed by atoms with Gasteiger partial charge in [-0.1, -0.05) is 0 Å². The van der Waals surface area contributed by atoms with Gasteiger partial charge in [0.1, 0.15) is 4.90 Å². The molecule has 2 heterocycles. The molecule has 0 aliphatic carbocycles. The van der Waals surface area contributed by atoms with Crippen molar-refractivity contribution in [2.24, 2.45) is 0 Å². The van der Waals surface area contributed by atoms with Crippen LogP contribution in [0, 0.1) is 0 Å². The van der Waals surface area contributed by atoms with Crippen LogP contribution >= 0.6 is 0 Å². The molecular weight excluding hydrogens is 355 g/mol. The van der Waals surface area contributed by atoms with Crippen LogP contribution in [0.15, 0.2) is 17.2 Å². The Morgan fingerprint density at radius 1 is 1.15 bits per heavy atom. The third-order valence-corrected chi connectivity index (χ3v) is 7.26. The van der Waals surface area contributed by atoms with E-state index in [4.69, 9.17) is 14.0 Å². The number of sulfonamides is 1. The zero-order chi connectivity index (χ0) is 20.1. The molecule has 1 fully saturated rings. The Morgan fingerprint density at radius 3 is 2.08 bits per heavy atom. The number of hydrogen-bond donors (Lipinski definition) is 0. The molecular formula is C17H29BN2O5S. The largest absolute Gasteiger partial charge is 0.496 e. The van der Waals surface area contributed by atoms with Crippen LogP contribution in [0.2, 0.25) is 0 Å². The van der Waals surface area contributed by atoms with Crippen molar-refractivity contribution in [3.8, 4) is 5.88 Å². The molecule has 2 rings (SSSR count). The molecule has 1 aliphatic heterocycles. The fourth-order valence-corrected chi connectivity index (χ4v) is 4.06. The van der Waals surface area contributed by atoms with E-state index in [9.17, 15) is 8.42 Å². The Bertz CT molecular complexity index is 771. The minimum atomic E-state index is -3.81. The highest BCUT2D eigenvalue weighted by Crippen LogP contribution is 2.37. The van der Waals surface area contributed by atoms with Gasteiger partial charge in [0.15, 0.2) is 0 Å². The summed E-state index contributed by atoms with van der Waals surface area (Å²) in [6.07, 6.45) is 1.52. The van der Waals surface area contributed by atoms with Crippen LogP contribution in [0.1, 0.15) is 48.5 Å². The summed E-state index contributed by atoms with van der Waals surface area (Å²) in [6, 6.07) is 1.52. The molecule has 7 nitrogen and oxygen atoms in total. The quantitative estimate of drug-likeness (QED) is 0.737. The summed E-state index contributed by atoms with van der Waals surface area (Å²) in [5.74, 6) is 0.0429. The van der Waals surface area contributed by atoms with Gasteiger partial charge >= 0.3 is 7.12 Å². The van der Waals surface area contributed by atoms with E-state index in [-0.39, 0.29) is 10.8 Å². The number of hydrogen-bond acceptors (Lipinski definition) is 6. The fourth-order valence-electron chi connectivity index (χ4n) is 2.40. The zero-order valence-electron chi connectivity index (χ0n) is 17.1. The molecule has 0 N–H and O–H groups in total. The highest BCUT2D eigenvalue weighted by atomic mass is 32.2. The second kappa shape index (κ2) is 6.47. The predicted octanol–water partition coefficient (Wildman–Crippen LogP) is 1.81. The normalized spacial score (nSPS) is 19.8. The molecule has 9 heteroatoms. The van der Waals surface area contributed by atoms with E-state index >= 15 is 0 Å². The maximum Gasteiger partial charge on any atom is 0.496 e. The Labute approximate surface area is 157 Å². The highest BCUT2D eigenvalue weighted by Gasteiger charge is 2.52. The smallest absolute Gasteiger partial charge is 0.480 e. The molecule has 1 saturated heterocycles. The zero-order valence-corrected chi connectivity index (χ0v) is 17.9. The monoisotopic (exact) mass is 384 g/mol. The topological polar surface area (TPSA) is 78.0 Å². The minimum Gasteiger partial charge on any atom is -0.480 e. The van der Waals surface area contributed by atoms with Crippen LogP contribution in [0.3, 0.4) is 0 Å². The lowest BCUT2D eigenvalue weighted by molar-refractivity contribution is 0.00578. The van der Waals surface area contributed by atoms with Crippen molar-refractivity contribution < 1.29 is 22.5 Å². The van der Waals surface area contributed by atoms with Crippen LogP contribution in [0.4, 0.5) is 0 Å². The number of pyridine rings is 1. The minimum absolute atomic E-state index is 0.00960. The first kappa shape index (κ1) is 21.1. The van der Waals surface area contributed by atoms with Crippen molar-refractivity contribution >= 4 is 22.6 Å². The second-order valence-corrected chi connectivity index (χ2v) is 10.4. The van der Waals surface area contributed by atoms with Crippen molar-refractivity contribution in [2.45, 2.75) is 70.1 Å². The molecule has 0 unspecified atom stereocenters. The third-order valence-electron chi connectivity index (χ3n) is 5.14. The van der Waals surface area contributed by atoms with Gasteiger partial charge in [0.2, 0.25) is 15.9 Å². The van der Waals surface area contributed by atoms with Gasteiger partial charge in [0.25, 0.3) is 0 Å². The molecule has 146 valence electrons. The van der Waals surface area contributed by atoms with Crippen LogP contribution in [-0.2, 0) is 19.3 Å². The Balaban J connectivity index is 2.52. The number of rotatable bonds is 4. The SMILES string of the molecule is COc1ncc(B2OC(C)(C)C(C)(C)O2)cc1S(=O)(=O)N(C)C(C)(C)C. The van der Waals surface area contributed by atoms with E-state index in [1.165, 1.54) is 30.7 Å². The molecule has 1 aliphatic rings. The van der Waals surface area contributed by atoms with E-state index < -0.39 is 33.9 Å². The summed E-state index contributed by atoms with van der Waals surface area (Å²) < 4.78 is 44.7. The molecule has 1 aromatic rings. The molecule has 0 spiro atoms. The van der Waals surface area contributed by atoms with E-state index in [0.29, 0.717) is 5.46 Å². The van der Waals surface area contributed by atoms with Gasteiger partial charge in [0.05, 0.1) is 18.3 Å². The van der Waals surface area contributed by atoms with Gasteiger partial charge in [-0.2, -0.15) is 4.31 Å². The van der Waals surface area contributed by atoms with Crippen LogP contribution in [-0.4, -0.2) is 55.7 Å². The molecule has 0 atom stereocenters. The molecule has 0 bridgehead atoms. The first-order valence-electron chi connectivity index (χ1n) is 8.52. The molecule has 0 saturated carbocycles. The van der Waals surface area contributed by atoms with Gasteiger partial charge in [-0.05, 0) is 54.5 Å². The number of methoxy groups -OCH3 is 1. The molecule has 0 amide bonds. The average molecular weight is 384 g/mol. The number of nitrogens with zero attached hydrogens (tertiary/aromatic N) is 2. The first-order valence-corrected chi connectivity index (χ1v) is 9.96. The predicted molar refractivity (Wildman–Crippen MR) is 101 cm³/mol. The lowest BCUT2D eigenvalue weighted by Crippen LogP contribution is -2.43. The van der Waals surface area contributed by atoms with Gasteiger partial charge in [0, 0.05) is 24.2 Å². The average Bonchev–Trinajstić information content (AvgIpc) is 2.73. The summed E-state index contributed by atoms with van der Waals surface area (Å²) in [7, 11) is -1.58. The maximum atomic E-state index is 13.1. The van der Waals surface area contributed by atoms with Crippen molar-refractivity contribution in [2.75, 3.05) is 14.2 Å². The van der Waals surface area contributed by atoms with Crippen molar-refractivity contribution in [3.05, 3.63) is 12.3 Å². The van der Waals surface area contributed by atoms with Crippen LogP contribution in [0.5, 0.6) is 5.88 Å². The second-order valence-electron chi connectivity index (χ2n) is 8.51. The van der Waals surface area contributed by atoms with E-state index in [2.05, 4.69) is 4.98 Å². The molecule has 0 aromatic carbocycles. The molecule has 0 radical (unpaired) electrons. The number of ether oxygens (including phenoxy) is 1. The molecule has 26 heavy (non-hydrogen) atoms. The first-order chi connectivity index (χ1) is 11.6.